The number of hydrazone groups is 1. The summed E-state index contributed by atoms with van der Waals surface area (Å²) in [6, 6.07) is 5.23. The number of nitrogens with one attached hydrogen (secondary N) is 2. The Morgan fingerprint density at radius 2 is 2.00 bits per heavy atom. The summed E-state index contributed by atoms with van der Waals surface area (Å²) in [5.74, 6) is -0.310. The van der Waals surface area contributed by atoms with Crippen molar-refractivity contribution in [2.24, 2.45) is 5.10 Å². The summed E-state index contributed by atoms with van der Waals surface area (Å²) in [6.45, 7) is 4.72. The first-order valence-corrected chi connectivity index (χ1v) is 7.04. The highest BCUT2D eigenvalue weighted by atomic mass is 16.5. The van der Waals surface area contributed by atoms with E-state index in [0.717, 1.165) is 6.42 Å². The molecule has 2 amide bonds. The second-order valence-electron chi connectivity index (χ2n) is 4.30. The zero-order chi connectivity index (χ0) is 16.4. The Balaban J connectivity index is 2.64. The van der Waals surface area contributed by atoms with Crippen molar-refractivity contribution in [2.45, 2.75) is 20.3 Å². The molecule has 1 aromatic carbocycles. The first-order chi connectivity index (χ1) is 10.6. The number of hydrogen-bond acceptors (Lipinski definition) is 5. The number of benzene rings is 1. The van der Waals surface area contributed by atoms with Gasteiger partial charge in [-0.2, -0.15) is 5.10 Å². The first kappa shape index (κ1) is 17.5. The molecule has 0 aromatic heterocycles. The molecule has 7 nitrogen and oxygen atoms in total. The van der Waals surface area contributed by atoms with Gasteiger partial charge in [0.2, 0.25) is 0 Å². The largest absolute Gasteiger partial charge is 0.493 e. The monoisotopic (exact) mass is 307 g/mol. The molecular weight excluding hydrogens is 286 g/mol. The molecule has 0 heterocycles. The van der Waals surface area contributed by atoms with Crippen molar-refractivity contribution in [3.8, 4) is 11.5 Å². The standard InChI is InChI=1S/C15H21N3O4/c1-4-8-16-14(19)15(20)18-17-10-11-6-7-12(21-3)13(9-11)22-5-2/h6-7,9-10H,4-5,8H2,1-3H3,(H,16,19)(H,18,20)/b17-10-. The molecule has 1 rings (SSSR count). The summed E-state index contributed by atoms with van der Waals surface area (Å²) in [5.41, 5.74) is 2.87. The molecule has 7 heteroatoms. The number of methoxy groups -OCH3 is 1. The Kier molecular flexibility index (Phi) is 7.45. The summed E-state index contributed by atoms with van der Waals surface area (Å²) < 4.78 is 10.6. The average Bonchev–Trinajstić information content (AvgIpc) is 2.53. The van der Waals surface area contributed by atoms with E-state index in [1.165, 1.54) is 6.21 Å². The lowest BCUT2D eigenvalue weighted by atomic mass is 10.2. The summed E-state index contributed by atoms with van der Waals surface area (Å²) in [6.07, 6.45) is 2.18. The van der Waals surface area contributed by atoms with E-state index in [9.17, 15) is 9.59 Å². The van der Waals surface area contributed by atoms with Gasteiger partial charge < -0.3 is 14.8 Å². The Hall–Kier alpha value is -2.57. The predicted octanol–water partition coefficient (Wildman–Crippen LogP) is 1.07. The van der Waals surface area contributed by atoms with Gasteiger partial charge in [0.05, 0.1) is 19.9 Å². The minimum atomic E-state index is -0.803. The van der Waals surface area contributed by atoms with Crippen molar-refractivity contribution in [3.05, 3.63) is 23.8 Å². The van der Waals surface area contributed by atoms with E-state index in [0.29, 0.717) is 30.2 Å². The molecule has 0 aliphatic carbocycles. The summed E-state index contributed by atoms with van der Waals surface area (Å²) in [7, 11) is 1.56. The molecule has 0 aliphatic rings. The van der Waals surface area contributed by atoms with Gasteiger partial charge in [-0.3, -0.25) is 9.59 Å². The fraction of sp³-hybridized carbons (Fsp3) is 0.400. The molecule has 0 spiro atoms. The summed E-state index contributed by atoms with van der Waals surface area (Å²) >= 11 is 0. The van der Waals surface area contributed by atoms with Crippen LogP contribution in [0, 0.1) is 0 Å². The maximum atomic E-state index is 11.4. The normalized spacial score (nSPS) is 10.3. The molecule has 22 heavy (non-hydrogen) atoms. The Morgan fingerprint density at radius 1 is 1.23 bits per heavy atom. The summed E-state index contributed by atoms with van der Waals surface area (Å²) in [5, 5.41) is 6.21. The van der Waals surface area contributed by atoms with Crippen LogP contribution >= 0.6 is 0 Å². The van der Waals surface area contributed by atoms with Crippen molar-refractivity contribution < 1.29 is 19.1 Å². The third kappa shape index (κ3) is 5.43. The molecule has 0 radical (unpaired) electrons. The molecule has 0 bridgehead atoms. The molecule has 0 fully saturated rings. The number of carbonyl (C=O) groups is 2. The SMILES string of the molecule is CCCNC(=O)C(=O)N/N=C\c1ccc(OC)c(OCC)c1. The second kappa shape index (κ2) is 9.38. The van der Waals surface area contributed by atoms with E-state index in [1.54, 1.807) is 25.3 Å². The van der Waals surface area contributed by atoms with Crippen molar-refractivity contribution in [2.75, 3.05) is 20.3 Å². The minimum Gasteiger partial charge on any atom is -0.493 e. The highest BCUT2D eigenvalue weighted by molar-refractivity contribution is 6.35. The number of hydrogen-bond donors (Lipinski definition) is 2. The molecule has 0 unspecified atom stereocenters. The smallest absolute Gasteiger partial charge is 0.329 e. The van der Waals surface area contributed by atoms with Gasteiger partial charge in [0.1, 0.15) is 0 Å². The van der Waals surface area contributed by atoms with Crippen LogP contribution in [0.1, 0.15) is 25.8 Å². The number of ether oxygens (including phenoxy) is 2. The highest BCUT2D eigenvalue weighted by Crippen LogP contribution is 2.27. The maximum Gasteiger partial charge on any atom is 0.329 e. The number of carbonyl (C=O) groups excluding carboxylic acids is 2. The molecular formula is C15H21N3O4. The fourth-order valence-corrected chi connectivity index (χ4v) is 1.58. The van der Waals surface area contributed by atoms with Gasteiger partial charge >= 0.3 is 11.8 Å². The van der Waals surface area contributed by atoms with Crippen LogP contribution in [0.25, 0.3) is 0 Å². The van der Waals surface area contributed by atoms with Gasteiger partial charge in [-0.05, 0) is 37.1 Å². The van der Waals surface area contributed by atoms with Gasteiger partial charge in [-0.25, -0.2) is 5.43 Å². The molecule has 0 atom stereocenters. The van der Waals surface area contributed by atoms with Crippen LogP contribution in [0.15, 0.2) is 23.3 Å². The number of nitrogens with zero attached hydrogens (tertiary/aromatic N) is 1. The molecule has 0 saturated carbocycles. The van der Waals surface area contributed by atoms with E-state index < -0.39 is 11.8 Å². The number of amides is 2. The highest BCUT2D eigenvalue weighted by Gasteiger charge is 2.10. The lowest BCUT2D eigenvalue weighted by molar-refractivity contribution is -0.139. The molecule has 2 N–H and O–H groups in total. The van der Waals surface area contributed by atoms with E-state index in [2.05, 4.69) is 15.8 Å². The maximum absolute atomic E-state index is 11.4. The van der Waals surface area contributed by atoms with E-state index in [4.69, 9.17) is 9.47 Å². The van der Waals surface area contributed by atoms with Gasteiger partial charge in [-0.1, -0.05) is 6.92 Å². The van der Waals surface area contributed by atoms with Crippen molar-refractivity contribution >= 4 is 18.0 Å². The van der Waals surface area contributed by atoms with Crippen molar-refractivity contribution in [1.29, 1.82) is 0 Å². The summed E-state index contributed by atoms with van der Waals surface area (Å²) in [4.78, 5) is 22.8. The minimum absolute atomic E-state index is 0.451. The van der Waals surface area contributed by atoms with E-state index in [1.807, 2.05) is 13.8 Å². The van der Waals surface area contributed by atoms with Crippen LogP contribution in [0.2, 0.25) is 0 Å². The zero-order valence-corrected chi connectivity index (χ0v) is 13.0. The first-order valence-electron chi connectivity index (χ1n) is 7.04. The second-order valence-corrected chi connectivity index (χ2v) is 4.30. The number of rotatable bonds is 7. The van der Waals surface area contributed by atoms with Crippen LogP contribution in [0.5, 0.6) is 11.5 Å². The average molecular weight is 307 g/mol. The van der Waals surface area contributed by atoms with Gasteiger partial charge in [0, 0.05) is 6.54 Å². The van der Waals surface area contributed by atoms with Crippen LogP contribution < -0.4 is 20.2 Å². The lowest BCUT2D eigenvalue weighted by Crippen LogP contribution is -2.38. The van der Waals surface area contributed by atoms with Crippen molar-refractivity contribution in [3.63, 3.8) is 0 Å². The van der Waals surface area contributed by atoms with Crippen LogP contribution in [0.4, 0.5) is 0 Å². The Bertz CT molecular complexity index is 544. The molecule has 1 aromatic rings. The molecule has 0 aliphatic heterocycles. The van der Waals surface area contributed by atoms with Crippen LogP contribution in [0.3, 0.4) is 0 Å². The van der Waals surface area contributed by atoms with Crippen LogP contribution in [-0.4, -0.2) is 38.3 Å². The predicted molar refractivity (Wildman–Crippen MR) is 83.2 cm³/mol. The van der Waals surface area contributed by atoms with E-state index in [-0.39, 0.29) is 0 Å². The fourth-order valence-electron chi connectivity index (χ4n) is 1.58. The lowest BCUT2D eigenvalue weighted by Gasteiger charge is -2.09. The Morgan fingerprint density at radius 3 is 2.64 bits per heavy atom. The third-order valence-electron chi connectivity index (χ3n) is 2.61. The van der Waals surface area contributed by atoms with Crippen LogP contribution in [-0.2, 0) is 9.59 Å². The molecule has 120 valence electrons. The van der Waals surface area contributed by atoms with Gasteiger partial charge in [-0.15, -0.1) is 0 Å². The molecule has 0 saturated heterocycles. The topological polar surface area (TPSA) is 89.0 Å². The quantitative estimate of drug-likeness (QED) is 0.448. The van der Waals surface area contributed by atoms with Gasteiger partial charge in [0.15, 0.2) is 11.5 Å². The Labute approximate surface area is 129 Å². The van der Waals surface area contributed by atoms with E-state index >= 15 is 0 Å². The third-order valence-corrected chi connectivity index (χ3v) is 2.61. The zero-order valence-electron chi connectivity index (χ0n) is 13.0. The van der Waals surface area contributed by atoms with Gasteiger partial charge in [0.25, 0.3) is 0 Å². The van der Waals surface area contributed by atoms with Crippen molar-refractivity contribution in [1.82, 2.24) is 10.7 Å².